The van der Waals surface area contributed by atoms with Crippen LogP contribution in [0.3, 0.4) is 0 Å². The van der Waals surface area contributed by atoms with Crippen LogP contribution in [0.4, 0.5) is 0 Å². The lowest BCUT2D eigenvalue weighted by atomic mass is 9.67. The molecular weight excluding hydrogens is 288 g/mol. The molecule has 2 aliphatic carbocycles. The van der Waals surface area contributed by atoms with E-state index in [2.05, 4.69) is 22.9 Å². The van der Waals surface area contributed by atoms with Crippen LogP contribution >= 0.6 is 0 Å². The quantitative estimate of drug-likeness (QED) is 0.638. The van der Waals surface area contributed by atoms with Crippen molar-refractivity contribution in [3.05, 3.63) is 11.6 Å². The number of hydrogen-bond donors (Lipinski definition) is 0. The van der Waals surface area contributed by atoms with Gasteiger partial charge < -0.3 is 4.90 Å². The Kier molecular flexibility index (Phi) is 3.12. The van der Waals surface area contributed by atoms with Crippen molar-refractivity contribution in [2.24, 2.45) is 17.8 Å². The van der Waals surface area contributed by atoms with Crippen LogP contribution in [0.1, 0.15) is 38.5 Å². The van der Waals surface area contributed by atoms with E-state index < -0.39 is 0 Å². The number of carbonyl (C=O) groups is 2. The molecule has 0 N–H and O–H groups in total. The van der Waals surface area contributed by atoms with Crippen molar-refractivity contribution < 1.29 is 9.59 Å². The van der Waals surface area contributed by atoms with Gasteiger partial charge in [-0.3, -0.25) is 14.5 Å². The number of nitrogens with zero attached hydrogens (tertiary/aromatic N) is 2. The molecule has 1 saturated carbocycles. The van der Waals surface area contributed by atoms with E-state index in [9.17, 15) is 9.59 Å². The summed E-state index contributed by atoms with van der Waals surface area (Å²) in [5.41, 5.74) is 1.43. The van der Waals surface area contributed by atoms with Crippen molar-refractivity contribution in [3.8, 4) is 0 Å². The number of hydrogen-bond acceptors (Lipinski definition) is 4. The normalized spacial score (nSPS) is 46.9. The molecule has 3 fully saturated rings. The highest BCUT2D eigenvalue weighted by Gasteiger charge is 2.55. The maximum Gasteiger partial charge on any atom is 0.140 e. The van der Waals surface area contributed by atoms with Gasteiger partial charge in [-0.05, 0) is 38.6 Å². The standard InChI is InChI=1S/C19H26N2O2/c1-20-9-14-8-12-3-5-17(23)18-15-7-11(2-4-16(15)22)6-13(20)10-21(14)19(12)18/h7,12-15,18-19H,2-6,8-10H2,1H3/t12-,13+,14+,15+,18+,19+/m1/s1. The maximum absolute atomic E-state index is 12.8. The van der Waals surface area contributed by atoms with E-state index in [-0.39, 0.29) is 11.8 Å². The maximum atomic E-state index is 12.8. The van der Waals surface area contributed by atoms with Gasteiger partial charge in [-0.15, -0.1) is 0 Å². The predicted molar refractivity (Wildman–Crippen MR) is 87.0 cm³/mol. The van der Waals surface area contributed by atoms with Crippen molar-refractivity contribution in [1.29, 1.82) is 0 Å². The zero-order valence-corrected chi connectivity index (χ0v) is 13.9. The molecule has 3 aliphatic heterocycles. The average molecular weight is 314 g/mol. The minimum Gasteiger partial charge on any atom is -0.300 e. The van der Waals surface area contributed by atoms with Gasteiger partial charge in [-0.25, -0.2) is 0 Å². The summed E-state index contributed by atoms with van der Waals surface area (Å²) in [6.45, 7) is 2.22. The summed E-state index contributed by atoms with van der Waals surface area (Å²) in [5, 5.41) is 0. The lowest BCUT2D eigenvalue weighted by Gasteiger charge is -2.46. The van der Waals surface area contributed by atoms with E-state index in [0.29, 0.717) is 48.5 Å². The first kappa shape index (κ1) is 14.4. The smallest absolute Gasteiger partial charge is 0.140 e. The minimum absolute atomic E-state index is 0.0521. The van der Waals surface area contributed by atoms with Crippen LogP contribution in [-0.4, -0.2) is 59.6 Å². The Morgan fingerprint density at radius 2 is 1.91 bits per heavy atom. The molecule has 2 saturated heterocycles. The van der Waals surface area contributed by atoms with Gasteiger partial charge in [-0.2, -0.15) is 0 Å². The lowest BCUT2D eigenvalue weighted by Crippen LogP contribution is -2.59. The van der Waals surface area contributed by atoms with Gasteiger partial charge >= 0.3 is 0 Å². The molecule has 0 radical (unpaired) electrons. The van der Waals surface area contributed by atoms with Gasteiger partial charge in [0, 0.05) is 55.9 Å². The first-order valence-electron chi connectivity index (χ1n) is 9.33. The zero-order valence-electron chi connectivity index (χ0n) is 13.9. The minimum atomic E-state index is -0.123. The number of likely N-dealkylation sites (N-methyl/N-ethyl adjacent to an activating group) is 1. The second kappa shape index (κ2) is 5.00. The molecule has 0 aromatic heterocycles. The molecule has 5 rings (SSSR count). The summed E-state index contributed by atoms with van der Waals surface area (Å²) >= 11 is 0. The van der Waals surface area contributed by atoms with Crippen molar-refractivity contribution in [3.63, 3.8) is 0 Å². The van der Waals surface area contributed by atoms with Crippen molar-refractivity contribution in [2.45, 2.75) is 56.7 Å². The van der Waals surface area contributed by atoms with Crippen LogP contribution in [-0.2, 0) is 9.59 Å². The van der Waals surface area contributed by atoms with Crippen molar-refractivity contribution in [2.75, 3.05) is 20.1 Å². The van der Waals surface area contributed by atoms with E-state index >= 15 is 0 Å². The molecule has 3 heterocycles. The highest BCUT2D eigenvalue weighted by Crippen LogP contribution is 2.48. The van der Waals surface area contributed by atoms with E-state index in [1.54, 1.807) is 0 Å². The van der Waals surface area contributed by atoms with Gasteiger partial charge in [0.05, 0.1) is 0 Å². The Balaban J connectivity index is 1.64. The summed E-state index contributed by atoms with van der Waals surface area (Å²) in [6.07, 6.45) is 7.83. The second-order valence-corrected chi connectivity index (χ2v) is 8.48. The molecule has 4 bridgehead atoms. The zero-order chi connectivity index (χ0) is 15.7. The molecule has 6 atom stereocenters. The summed E-state index contributed by atoms with van der Waals surface area (Å²) in [4.78, 5) is 30.6. The molecule has 0 aromatic rings. The van der Waals surface area contributed by atoms with Gasteiger partial charge in [-0.1, -0.05) is 11.6 Å². The molecule has 5 aliphatic rings. The number of fused-ring (bicyclic) bond motifs is 3. The van der Waals surface area contributed by atoms with Crippen LogP contribution in [0.15, 0.2) is 11.6 Å². The van der Waals surface area contributed by atoms with E-state index in [4.69, 9.17) is 0 Å². The SMILES string of the molecule is CN1C[C@@H]2C[C@H]3CCC(=O)[C@H]4[C@H]3N2C[C@@H]1CC1=C[C@H]4C(=O)CC1. The topological polar surface area (TPSA) is 40.6 Å². The Bertz CT molecular complexity index is 598. The van der Waals surface area contributed by atoms with E-state index in [0.717, 1.165) is 32.4 Å². The summed E-state index contributed by atoms with van der Waals surface area (Å²) in [6, 6.07) is 1.48. The molecule has 23 heavy (non-hydrogen) atoms. The molecule has 0 aromatic carbocycles. The number of allylic oxidation sites excluding steroid dienone is 1. The molecule has 0 amide bonds. The van der Waals surface area contributed by atoms with Crippen LogP contribution < -0.4 is 0 Å². The molecule has 124 valence electrons. The van der Waals surface area contributed by atoms with E-state index in [1.165, 1.54) is 12.0 Å². The summed E-state index contributed by atoms with van der Waals surface area (Å²) in [7, 11) is 2.26. The van der Waals surface area contributed by atoms with Crippen LogP contribution in [0.25, 0.3) is 0 Å². The van der Waals surface area contributed by atoms with Gasteiger partial charge in [0.25, 0.3) is 0 Å². The molecule has 4 heteroatoms. The molecule has 0 unspecified atom stereocenters. The van der Waals surface area contributed by atoms with Crippen LogP contribution in [0.5, 0.6) is 0 Å². The Hall–Kier alpha value is -1.00. The van der Waals surface area contributed by atoms with E-state index in [1.807, 2.05) is 0 Å². The first-order valence-corrected chi connectivity index (χ1v) is 9.33. The highest BCUT2D eigenvalue weighted by atomic mass is 16.1. The third-order valence-corrected chi connectivity index (χ3v) is 7.32. The third-order valence-electron chi connectivity index (χ3n) is 7.32. The largest absolute Gasteiger partial charge is 0.300 e. The predicted octanol–water partition coefficient (Wildman–Crippen LogP) is 1.65. The number of rotatable bonds is 0. The second-order valence-electron chi connectivity index (χ2n) is 8.48. The summed E-state index contributed by atoms with van der Waals surface area (Å²) in [5.74, 6) is 1.13. The fraction of sp³-hybridized carbons (Fsp3) is 0.789. The molecule has 0 spiro atoms. The number of ketones is 2. The fourth-order valence-corrected chi connectivity index (χ4v) is 6.22. The van der Waals surface area contributed by atoms with Gasteiger partial charge in [0.1, 0.15) is 11.6 Å². The first-order chi connectivity index (χ1) is 11.1. The lowest BCUT2D eigenvalue weighted by molar-refractivity contribution is -0.136. The van der Waals surface area contributed by atoms with Crippen LogP contribution in [0.2, 0.25) is 0 Å². The highest BCUT2D eigenvalue weighted by molar-refractivity contribution is 5.93. The average Bonchev–Trinajstić information content (AvgIpc) is 2.88. The molecular formula is C19H26N2O2. The fourth-order valence-electron chi connectivity index (χ4n) is 6.22. The number of Topliss-reactive ketones (excluding diaryl/α,β-unsaturated/α-hetero) is 2. The molecule has 4 nitrogen and oxygen atoms in total. The Labute approximate surface area is 137 Å². The van der Waals surface area contributed by atoms with Gasteiger partial charge in [0.15, 0.2) is 0 Å². The van der Waals surface area contributed by atoms with Crippen molar-refractivity contribution >= 4 is 11.6 Å². The summed E-state index contributed by atoms with van der Waals surface area (Å²) < 4.78 is 0. The number of piperazine rings is 1. The Morgan fingerprint density at radius 1 is 1.04 bits per heavy atom. The van der Waals surface area contributed by atoms with Crippen molar-refractivity contribution in [1.82, 2.24) is 9.80 Å². The Morgan fingerprint density at radius 3 is 2.78 bits per heavy atom. The monoisotopic (exact) mass is 314 g/mol. The van der Waals surface area contributed by atoms with Crippen LogP contribution in [0, 0.1) is 17.8 Å². The third kappa shape index (κ3) is 2.04. The number of carbonyl (C=O) groups excluding carboxylic acids is 2. The van der Waals surface area contributed by atoms with Gasteiger partial charge in [0.2, 0.25) is 0 Å².